The van der Waals surface area contributed by atoms with E-state index < -0.39 is 16.8 Å². The summed E-state index contributed by atoms with van der Waals surface area (Å²) >= 11 is 5.88. The van der Waals surface area contributed by atoms with Gasteiger partial charge in [0, 0.05) is 10.8 Å². The number of carbonyl (C=O) groups is 1. The van der Waals surface area contributed by atoms with Crippen LogP contribution in [0, 0.1) is 0 Å². The zero-order valence-electron chi connectivity index (χ0n) is 15.1. The highest BCUT2D eigenvalue weighted by molar-refractivity contribution is 7.85. The van der Waals surface area contributed by atoms with Crippen molar-refractivity contribution in [1.29, 1.82) is 0 Å². The number of hydrogen-bond acceptors (Lipinski definition) is 3. The Morgan fingerprint density at radius 3 is 2.35 bits per heavy atom. The molecule has 2 aromatic carbocycles. The summed E-state index contributed by atoms with van der Waals surface area (Å²) in [5.74, 6) is 0.140. The van der Waals surface area contributed by atoms with Gasteiger partial charge in [-0.25, -0.2) is 4.79 Å². The normalized spacial score (nSPS) is 11.9. The molecule has 26 heavy (non-hydrogen) atoms. The van der Waals surface area contributed by atoms with Crippen LogP contribution in [0.5, 0.6) is 0 Å². The fourth-order valence-corrected chi connectivity index (χ4v) is 4.24. The van der Waals surface area contributed by atoms with Crippen LogP contribution in [0.25, 0.3) is 0 Å². The lowest BCUT2D eigenvalue weighted by Gasteiger charge is -2.07. The van der Waals surface area contributed by atoms with Crippen LogP contribution in [0.4, 0.5) is 0 Å². The van der Waals surface area contributed by atoms with Gasteiger partial charge in [-0.2, -0.15) is 0 Å². The smallest absolute Gasteiger partial charge is 0.339 e. The second-order valence-electron chi connectivity index (χ2n) is 6.18. The van der Waals surface area contributed by atoms with Gasteiger partial charge in [0.1, 0.15) is 0 Å². The van der Waals surface area contributed by atoms with Crippen LogP contribution in [0.2, 0.25) is 5.02 Å². The molecule has 1 atom stereocenters. The van der Waals surface area contributed by atoms with Gasteiger partial charge in [0.2, 0.25) is 0 Å². The Hall–Kier alpha value is -1.65. The summed E-state index contributed by atoms with van der Waals surface area (Å²) in [6.45, 7) is 0. The molecule has 140 valence electrons. The van der Waals surface area contributed by atoms with Crippen molar-refractivity contribution in [3.63, 3.8) is 0 Å². The SMILES string of the molecule is COC(=O)c1ccccc1S(=O)CCCCCCCc1ccc(Cl)cc1. The van der Waals surface area contributed by atoms with Crippen molar-refractivity contribution in [2.24, 2.45) is 0 Å². The lowest BCUT2D eigenvalue weighted by Crippen LogP contribution is -2.08. The number of methoxy groups -OCH3 is 1. The monoisotopic (exact) mass is 392 g/mol. The van der Waals surface area contributed by atoms with Crippen molar-refractivity contribution in [2.75, 3.05) is 12.9 Å². The van der Waals surface area contributed by atoms with Crippen LogP contribution in [0.3, 0.4) is 0 Å². The van der Waals surface area contributed by atoms with Gasteiger partial charge in [0.05, 0.1) is 28.4 Å². The molecule has 0 heterocycles. The van der Waals surface area contributed by atoms with Crippen LogP contribution in [-0.4, -0.2) is 23.0 Å². The Labute approximate surface area is 163 Å². The van der Waals surface area contributed by atoms with Gasteiger partial charge in [-0.1, -0.05) is 55.1 Å². The second kappa shape index (κ2) is 11.1. The molecular formula is C21H25ClO3S. The molecule has 0 aliphatic heterocycles. The first-order valence-electron chi connectivity index (χ1n) is 8.92. The van der Waals surface area contributed by atoms with E-state index in [9.17, 15) is 9.00 Å². The summed E-state index contributed by atoms with van der Waals surface area (Å²) in [4.78, 5) is 12.3. The highest BCUT2D eigenvalue weighted by Crippen LogP contribution is 2.17. The average Bonchev–Trinajstić information content (AvgIpc) is 2.67. The van der Waals surface area contributed by atoms with Crippen molar-refractivity contribution in [1.82, 2.24) is 0 Å². The molecule has 0 fully saturated rings. The van der Waals surface area contributed by atoms with Gasteiger partial charge < -0.3 is 4.74 Å². The lowest BCUT2D eigenvalue weighted by atomic mass is 10.1. The van der Waals surface area contributed by atoms with Gasteiger partial charge in [0.15, 0.2) is 0 Å². The van der Waals surface area contributed by atoms with Crippen LogP contribution in [-0.2, 0) is 22.0 Å². The molecule has 0 aliphatic rings. The molecule has 1 unspecified atom stereocenters. The summed E-state index contributed by atoms with van der Waals surface area (Å²) in [5.41, 5.74) is 1.71. The number of aryl methyl sites for hydroxylation is 1. The Morgan fingerprint density at radius 2 is 1.62 bits per heavy atom. The van der Waals surface area contributed by atoms with Crippen molar-refractivity contribution in [2.45, 2.75) is 43.4 Å². The first kappa shape index (κ1) is 20.7. The number of hydrogen-bond donors (Lipinski definition) is 0. The van der Waals surface area contributed by atoms with E-state index in [0.717, 1.165) is 43.5 Å². The van der Waals surface area contributed by atoms with E-state index in [2.05, 4.69) is 12.1 Å². The van der Waals surface area contributed by atoms with E-state index in [1.54, 1.807) is 24.3 Å². The van der Waals surface area contributed by atoms with Gasteiger partial charge >= 0.3 is 5.97 Å². The Balaban J connectivity index is 1.66. The molecule has 2 aromatic rings. The minimum atomic E-state index is -1.17. The van der Waals surface area contributed by atoms with Crippen LogP contribution < -0.4 is 0 Å². The first-order chi connectivity index (χ1) is 12.6. The number of unbranched alkanes of at least 4 members (excludes halogenated alkanes) is 4. The van der Waals surface area contributed by atoms with Crippen molar-refractivity contribution < 1.29 is 13.7 Å². The molecule has 0 saturated heterocycles. The molecule has 0 bridgehead atoms. The molecule has 3 nitrogen and oxygen atoms in total. The molecule has 5 heteroatoms. The van der Waals surface area contributed by atoms with E-state index in [1.165, 1.54) is 12.7 Å². The summed E-state index contributed by atoms with van der Waals surface area (Å²) in [5, 5.41) is 0.774. The summed E-state index contributed by atoms with van der Waals surface area (Å²) < 4.78 is 17.2. The van der Waals surface area contributed by atoms with Gasteiger partial charge in [0.25, 0.3) is 0 Å². The fourth-order valence-electron chi connectivity index (χ4n) is 2.80. The highest BCUT2D eigenvalue weighted by Gasteiger charge is 2.15. The third-order valence-corrected chi connectivity index (χ3v) is 6.00. The third-order valence-electron chi connectivity index (χ3n) is 4.25. The molecule has 2 rings (SSSR count). The van der Waals surface area contributed by atoms with Gasteiger partial charge in [-0.3, -0.25) is 4.21 Å². The zero-order valence-corrected chi connectivity index (χ0v) is 16.7. The van der Waals surface area contributed by atoms with Crippen molar-refractivity contribution in [3.05, 3.63) is 64.7 Å². The number of esters is 1. The fraction of sp³-hybridized carbons (Fsp3) is 0.381. The second-order valence-corrected chi connectivity index (χ2v) is 8.16. The zero-order chi connectivity index (χ0) is 18.8. The van der Waals surface area contributed by atoms with E-state index in [-0.39, 0.29) is 0 Å². The van der Waals surface area contributed by atoms with Gasteiger partial charge in [-0.15, -0.1) is 0 Å². The molecule has 0 radical (unpaired) electrons. The Morgan fingerprint density at radius 1 is 0.962 bits per heavy atom. The predicted molar refractivity (Wildman–Crippen MR) is 107 cm³/mol. The van der Waals surface area contributed by atoms with E-state index in [1.807, 2.05) is 12.1 Å². The van der Waals surface area contributed by atoms with Crippen LogP contribution >= 0.6 is 11.6 Å². The number of rotatable bonds is 10. The largest absolute Gasteiger partial charge is 0.465 e. The lowest BCUT2D eigenvalue weighted by molar-refractivity contribution is 0.0596. The molecule has 0 saturated carbocycles. The van der Waals surface area contributed by atoms with Crippen molar-refractivity contribution in [3.8, 4) is 0 Å². The summed E-state index contributed by atoms with van der Waals surface area (Å²) in [7, 11) is 0.170. The van der Waals surface area contributed by atoms with Crippen LogP contribution in [0.1, 0.15) is 48.0 Å². The minimum absolute atomic E-state index is 0.399. The van der Waals surface area contributed by atoms with Crippen molar-refractivity contribution >= 4 is 28.4 Å². The number of benzene rings is 2. The highest BCUT2D eigenvalue weighted by atomic mass is 35.5. The maximum atomic E-state index is 12.5. The Bertz CT molecular complexity index is 728. The van der Waals surface area contributed by atoms with Gasteiger partial charge in [-0.05, 0) is 49.1 Å². The maximum Gasteiger partial charge on any atom is 0.339 e. The Kier molecular flexibility index (Phi) is 8.86. The molecule has 0 N–H and O–H groups in total. The predicted octanol–water partition coefficient (Wildman–Crippen LogP) is 5.43. The third kappa shape index (κ3) is 6.58. The topological polar surface area (TPSA) is 43.4 Å². The number of halogens is 1. The standard InChI is InChI=1S/C21H25ClO3S/c1-25-21(23)19-10-6-7-11-20(19)26(24)16-8-4-2-3-5-9-17-12-14-18(22)15-13-17/h6-7,10-15H,2-5,8-9,16H2,1H3. The quantitative estimate of drug-likeness (QED) is 0.400. The first-order valence-corrected chi connectivity index (χ1v) is 10.6. The summed E-state index contributed by atoms with van der Waals surface area (Å²) in [6, 6.07) is 15.0. The average molecular weight is 393 g/mol. The number of ether oxygens (including phenoxy) is 1. The van der Waals surface area contributed by atoms with Crippen LogP contribution in [0.15, 0.2) is 53.4 Å². The van der Waals surface area contributed by atoms with E-state index in [4.69, 9.17) is 16.3 Å². The van der Waals surface area contributed by atoms with E-state index >= 15 is 0 Å². The number of carbonyl (C=O) groups excluding carboxylic acids is 1. The minimum Gasteiger partial charge on any atom is -0.465 e. The van der Waals surface area contributed by atoms with E-state index in [0.29, 0.717) is 16.2 Å². The maximum absolute atomic E-state index is 12.5. The molecule has 0 amide bonds. The summed E-state index contributed by atoms with van der Waals surface area (Å²) in [6.07, 6.45) is 6.44. The molecule has 0 spiro atoms. The molecule has 0 aromatic heterocycles. The molecular weight excluding hydrogens is 368 g/mol. The molecule has 0 aliphatic carbocycles.